The summed E-state index contributed by atoms with van der Waals surface area (Å²) < 4.78 is 5.30. The Hall–Kier alpha value is -3.91. The molecule has 0 aliphatic carbocycles. The maximum absolute atomic E-state index is 12.8. The number of nitrogens with zero attached hydrogens (tertiary/aromatic N) is 2. The average molecular weight is 506 g/mol. The number of carbonyl (C=O) groups is 2. The quantitative estimate of drug-likeness (QED) is 0.321. The van der Waals surface area contributed by atoms with Crippen LogP contribution in [0.4, 0.5) is 4.79 Å². The Balaban J connectivity index is 1.39. The van der Waals surface area contributed by atoms with Gasteiger partial charge in [-0.1, -0.05) is 23.7 Å². The Labute approximate surface area is 214 Å². The number of alkyl carbamates (subject to hydrolysis) is 1. The van der Waals surface area contributed by atoms with Gasteiger partial charge in [0, 0.05) is 48.7 Å². The first kappa shape index (κ1) is 25.2. The maximum atomic E-state index is 12.8. The van der Waals surface area contributed by atoms with E-state index in [1.54, 1.807) is 24.8 Å². The Morgan fingerprint density at radius 3 is 2.69 bits per heavy atom. The van der Waals surface area contributed by atoms with E-state index >= 15 is 0 Å². The summed E-state index contributed by atoms with van der Waals surface area (Å²) in [5.74, 6) is -0.220. The molecule has 4 aromatic rings. The Morgan fingerprint density at radius 2 is 1.89 bits per heavy atom. The van der Waals surface area contributed by atoms with Crippen LogP contribution in [0.2, 0.25) is 5.02 Å². The van der Waals surface area contributed by atoms with Crippen LogP contribution in [0.3, 0.4) is 0 Å². The molecule has 0 saturated heterocycles. The predicted molar refractivity (Wildman–Crippen MR) is 139 cm³/mol. The Bertz CT molecular complexity index is 1390. The second-order valence-corrected chi connectivity index (χ2v) is 9.83. The van der Waals surface area contributed by atoms with Crippen molar-refractivity contribution in [3.8, 4) is 0 Å². The van der Waals surface area contributed by atoms with Gasteiger partial charge in [0.05, 0.1) is 22.8 Å². The molecule has 4 rings (SSSR count). The van der Waals surface area contributed by atoms with E-state index in [9.17, 15) is 9.59 Å². The minimum atomic E-state index is -0.578. The van der Waals surface area contributed by atoms with E-state index in [-0.39, 0.29) is 12.5 Å². The summed E-state index contributed by atoms with van der Waals surface area (Å²) >= 11 is 6.20. The van der Waals surface area contributed by atoms with Gasteiger partial charge in [-0.05, 0) is 61.7 Å². The number of rotatable bonds is 7. The fourth-order valence-corrected chi connectivity index (χ4v) is 3.93. The van der Waals surface area contributed by atoms with E-state index in [2.05, 4.69) is 25.6 Å². The fraction of sp³-hybridized carbons (Fsp3) is 0.259. The maximum Gasteiger partial charge on any atom is 0.407 e. The molecule has 36 heavy (non-hydrogen) atoms. The van der Waals surface area contributed by atoms with Crippen LogP contribution in [-0.4, -0.2) is 32.6 Å². The molecule has 0 radical (unpaired) electrons. The normalized spacial score (nSPS) is 11.3. The number of hydrogen-bond donors (Lipinski definition) is 3. The van der Waals surface area contributed by atoms with Gasteiger partial charge in [-0.25, -0.2) is 4.79 Å². The van der Waals surface area contributed by atoms with Gasteiger partial charge >= 0.3 is 6.09 Å². The SMILES string of the molecule is CC(C)(C)OC(=O)NCc1ncccc1Cc1cncc(C(=O)NCc2ccc3[nH]cc(Cl)c3c2)c1. The van der Waals surface area contributed by atoms with Crippen LogP contribution in [0.1, 0.15) is 53.5 Å². The van der Waals surface area contributed by atoms with Gasteiger partial charge in [0.25, 0.3) is 5.91 Å². The first-order valence-corrected chi connectivity index (χ1v) is 11.9. The number of benzene rings is 1. The summed E-state index contributed by atoms with van der Waals surface area (Å²) in [6.07, 6.45) is 6.69. The molecule has 2 amide bonds. The summed E-state index contributed by atoms with van der Waals surface area (Å²) in [6.45, 7) is 6.03. The van der Waals surface area contributed by atoms with Crippen LogP contribution < -0.4 is 10.6 Å². The van der Waals surface area contributed by atoms with E-state index < -0.39 is 11.7 Å². The second kappa shape index (κ2) is 10.8. The van der Waals surface area contributed by atoms with E-state index in [4.69, 9.17) is 16.3 Å². The summed E-state index contributed by atoms with van der Waals surface area (Å²) in [4.78, 5) is 36.6. The van der Waals surface area contributed by atoms with Gasteiger partial charge in [0.15, 0.2) is 0 Å². The number of nitrogens with one attached hydrogen (secondary N) is 3. The number of carbonyl (C=O) groups excluding carboxylic acids is 2. The van der Waals surface area contributed by atoms with Crippen molar-refractivity contribution in [1.82, 2.24) is 25.6 Å². The van der Waals surface area contributed by atoms with Gasteiger partial charge in [-0.3, -0.25) is 14.8 Å². The molecule has 9 heteroatoms. The molecule has 0 aliphatic rings. The lowest BCUT2D eigenvalue weighted by Gasteiger charge is -2.20. The first-order chi connectivity index (χ1) is 17.2. The summed E-state index contributed by atoms with van der Waals surface area (Å²) in [5, 5.41) is 7.24. The van der Waals surface area contributed by atoms with Gasteiger partial charge < -0.3 is 20.4 Å². The third kappa shape index (κ3) is 6.60. The molecule has 3 aromatic heterocycles. The third-order valence-electron chi connectivity index (χ3n) is 5.38. The first-order valence-electron chi connectivity index (χ1n) is 11.6. The zero-order valence-electron chi connectivity index (χ0n) is 20.4. The number of pyridine rings is 2. The van der Waals surface area contributed by atoms with Crippen LogP contribution in [-0.2, 0) is 24.2 Å². The summed E-state index contributed by atoms with van der Waals surface area (Å²) in [7, 11) is 0. The second-order valence-electron chi connectivity index (χ2n) is 9.42. The summed E-state index contributed by atoms with van der Waals surface area (Å²) in [6, 6.07) is 11.4. The molecule has 8 nitrogen and oxygen atoms in total. The lowest BCUT2D eigenvalue weighted by molar-refractivity contribution is 0.0522. The average Bonchev–Trinajstić information content (AvgIpc) is 3.21. The molecule has 1 aromatic carbocycles. The number of halogens is 1. The largest absolute Gasteiger partial charge is 0.444 e. The molecule has 0 saturated carbocycles. The van der Waals surface area contributed by atoms with Crippen molar-refractivity contribution >= 4 is 34.5 Å². The number of ether oxygens (including phenoxy) is 1. The van der Waals surface area contributed by atoms with E-state index in [1.807, 2.05) is 57.2 Å². The Kier molecular flexibility index (Phi) is 7.55. The molecule has 0 spiro atoms. The highest BCUT2D eigenvalue weighted by Crippen LogP contribution is 2.24. The number of aromatic nitrogens is 3. The van der Waals surface area contributed by atoms with Crippen molar-refractivity contribution in [3.05, 3.63) is 94.2 Å². The molecule has 3 N–H and O–H groups in total. The number of fused-ring (bicyclic) bond motifs is 1. The van der Waals surface area contributed by atoms with Crippen molar-refractivity contribution < 1.29 is 14.3 Å². The molecule has 186 valence electrons. The number of H-pyrrole nitrogens is 1. The van der Waals surface area contributed by atoms with Crippen molar-refractivity contribution in [1.29, 1.82) is 0 Å². The van der Waals surface area contributed by atoms with Gasteiger partial charge in [-0.2, -0.15) is 0 Å². The van der Waals surface area contributed by atoms with Gasteiger partial charge in [0.1, 0.15) is 5.60 Å². The van der Waals surface area contributed by atoms with Crippen molar-refractivity contribution in [2.75, 3.05) is 0 Å². The highest BCUT2D eigenvalue weighted by Gasteiger charge is 2.17. The van der Waals surface area contributed by atoms with Gasteiger partial charge in [0.2, 0.25) is 0 Å². The lowest BCUT2D eigenvalue weighted by Crippen LogP contribution is -2.32. The number of aromatic amines is 1. The number of hydrogen-bond acceptors (Lipinski definition) is 5. The van der Waals surface area contributed by atoms with Crippen LogP contribution >= 0.6 is 11.6 Å². The van der Waals surface area contributed by atoms with E-state index in [1.165, 1.54) is 0 Å². The van der Waals surface area contributed by atoms with Crippen LogP contribution in [0.5, 0.6) is 0 Å². The van der Waals surface area contributed by atoms with Gasteiger partial charge in [-0.15, -0.1) is 0 Å². The fourth-order valence-electron chi connectivity index (χ4n) is 3.72. The van der Waals surface area contributed by atoms with Crippen LogP contribution in [0.25, 0.3) is 10.9 Å². The number of amides is 2. The molecule has 0 unspecified atom stereocenters. The van der Waals surface area contributed by atoms with Crippen molar-refractivity contribution in [3.63, 3.8) is 0 Å². The topological polar surface area (TPSA) is 109 Å². The lowest BCUT2D eigenvalue weighted by atomic mass is 10.0. The minimum absolute atomic E-state index is 0.220. The van der Waals surface area contributed by atoms with Crippen LogP contribution in [0.15, 0.2) is 61.2 Å². The molecule has 0 fully saturated rings. The zero-order chi connectivity index (χ0) is 25.7. The van der Waals surface area contributed by atoms with E-state index in [0.717, 1.165) is 33.3 Å². The molecule has 0 bridgehead atoms. The molecule has 0 atom stereocenters. The van der Waals surface area contributed by atoms with E-state index in [0.29, 0.717) is 23.6 Å². The third-order valence-corrected chi connectivity index (χ3v) is 5.70. The highest BCUT2D eigenvalue weighted by molar-refractivity contribution is 6.35. The van der Waals surface area contributed by atoms with Crippen molar-refractivity contribution in [2.45, 2.75) is 45.9 Å². The minimum Gasteiger partial charge on any atom is -0.444 e. The molecule has 0 aliphatic heterocycles. The molecular weight excluding hydrogens is 478 g/mol. The smallest absolute Gasteiger partial charge is 0.407 e. The predicted octanol–water partition coefficient (Wildman–Crippen LogP) is 5.16. The highest BCUT2D eigenvalue weighted by atomic mass is 35.5. The summed E-state index contributed by atoms with van der Waals surface area (Å²) in [5.41, 5.74) is 4.27. The Morgan fingerprint density at radius 1 is 1.06 bits per heavy atom. The molecule has 3 heterocycles. The zero-order valence-corrected chi connectivity index (χ0v) is 21.1. The van der Waals surface area contributed by atoms with Crippen molar-refractivity contribution in [2.24, 2.45) is 0 Å². The van der Waals surface area contributed by atoms with Crippen LogP contribution in [0, 0.1) is 0 Å². The standard InChI is InChI=1S/C27H28ClN5O3/c1-27(2,3)36-26(35)33-16-24-19(5-4-8-30-24)9-18-10-20(14-29-12-18)25(34)32-13-17-6-7-23-21(11-17)22(28)15-31-23/h4-8,10-12,14-15,31H,9,13,16H2,1-3H3,(H,32,34)(H,33,35). The molecular formula is C27H28ClN5O3. The monoisotopic (exact) mass is 505 g/mol.